The van der Waals surface area contributed by atoms with E-state index in [0.717, 1.165) is 31.1 Å². The Morgan fingerprint density at radius 2 is 2.06 bits per heavy atom. The van der Waals surface area contributed by atoms with E-state index in [1.807, 2.05) is 13.0 Å². The molecule has 6 heteroatoms. The molecule has 1 aromatic rings. The van der Waals surface area contributed by atoms with Crippen LogP contribution in [-0.4, -0.2) is 47.1 Å². The van der Waals surface area contributed by atoms with Gasteiger partial charge in [0.05, 0.1) is 0 Å². The molecule has 0 bridgehead atoms. The molecule has 0 radical (unpaired) electrons. The minimum Gasteiger partial charge on any atom is -0.353 e. The van der Waals surface area contributed by atoms with Gasteiger partial charge in [-0.1, -0.05) is 0 Å². The maximum absolute atomic E-state index is 5.39. The summed E-state index contributed by atoms with van der Waals surface area (Å²) in [4.78, 5) is 13.3. The van der Waals surface area contributed by atoms with Crippen LogP contribution in [0.2, 0.25) is 0 Å². The fourth-order valence-electron chi connectivity index (χ4n) is 2.21. The summed E-state index contributed by atoms with van der Waals surface area (Å²) in [5.41, 5.74) is 3.58. The molecule has 3 N–H and O–H groups in total. The van der Waals surface area contributed by atoms with E-state index in [4.69, 9.17) is 5.84 Å². The third kappa shape index (κ3) is 2.54. The summed E-state index contributed by atoms with van der Waals surface area (Å²) in [6.45, 7) is 9.39. The largest absolute Gasteiger partial charge is 0.353 e. The van der Waals surface area contributed by atoms with Gasteiger partial charge in [0.2, 0.25) is 5.95 Å². The quantitative estimate of drug-likeness (QED) is 0.592. The third-order valence-electron chi connectivity index (χ3n) is 3.61. The Balaban J connectivity index is 2.24. The average molecular weight is 250 g/mol. The van der Waals surface area contributed by atoms with Gasteiger partial charge in [-0.2, -0.15) is 4.98 Å². The summed E-state index contributed by atoms with van der Waals surface area (Å²) < 4.78 is 0. The van der Waals surface area contributed by atoms with Crippen LogP contribution in [-0.2, 0) is 0 Å². The second-order valence-electron chi connectivity index (χ2n) is 5.49. The SMILES string of the molecule is Cc1cc(N2CCN(C)C(C)(C)C2)nc(NN)n1. The van der Waals surface area contributed by atoms with Gasteiger partial charge in [-0.25, -0.2) is 10.8 Å². The third-order valence-corrected chi connectivity index (χ3v) is 3.61. The molecular formula is C12H22N6. The monoisotopic (exact) mass is 250 g/mol. The minimum absolute atomic E-state index is 0.146. The second kappa shape index (κ2) is 4.70. The molecule has 2 heterocycles. The van der Waals surface area contributed by atoms with Gasteiger partial charge in [0.25, 0.3) is 0 Å². The van der Waals surface area contributed by atoms with Crippen molar-refractivity contribution in [3.63, 3.8) is 0 Å². The van der Waals surface area contributed by atoms with Gasteiger partial charge in [0.15, 0.2) is 0 Å². The molecule has 0 amide bonds. The molecule has 6 nitrogen and oxygen atoms in total. The summed E-state index contributed by atoms with van der Waals surface area (Å²) in [5, 5.41) is 0. The van der Waals surface area contributed by atoms with Crippen molar-refractivity contribution in [2.75, 3.05) is 37.0 Å². The summed E-state index contributed by atoms with van der Waals surface area (Å²) in [5.74, 6) is 6.81. The number of anilines is 2. The van der Waals surface area contributed by atoms with Crippen molar-refractivity contribution >= 4 is 11.8 Å². The number of piperazine rings is 1. The van der Waals surface area contributed by atoms with Gasteiger partial charge in [-0.3, -0.25) is 10.3 Å². The highest BCUT2D eigenvalue weighted by molar-refractivity contribution is 5.45. The molecule has 2 rings (SSSR count). The first kappa shape index (κ1) is 13.0. The van der Waals surface area contributed by atoms with Gasteiger partial charge in [-0.15, -0.1) is 0 Å². The molecular weight excluding hydrogens is 228 g/mol. The van der Waals surface area contributed by atoms with E-state index >= 15 is 0 Å². The Morgan fingerprint density at radius 1 is 1.33 bits per heavy atom. The molecule has 0 spiro atoms. The van der Waals surface area contributed by atoms with Crippen LogP contribution < -0.4 is 16.2 Å². The lowest BCUT2D eigenvalue weighted by atomic mass is 10.00. The van der Waals surface area contributed by atoms with Gasteiger partial charge >= 0.3 is 0 Å². The summed E-state index contributed by atoms with van der Waals surface area (Å²) in [6.07, 6.45) is 0. The number of nitrogens with one attached hydrogen (secondary N) is 1. The van der Waals surface area contributed by atoms with Crippen LogP contribution in [0.25, 0.3) is 0 Å². The van der Waals surface area contributed by atoms with Crippen LogP contribution in [0.4, 0.5) is 11.8 Å². The van der Waals surface area contributed by atoms with E-state index in [0.29, 0.717) is 5.95 Å². The number of rotatable bonds is 2. The molecule has 0 aromatic carbocycles. The number of hydrogen-bond acceptors (Lipinski definition) is 6. The summed E-state index contributed by atoms with van der Waals surface area (Å²) >= 11 is 0. The number of nitrogens with two attached hydrogens (primary N) is 1. The smallest absolute Gasteiger partial charge is 0.239 e. The van der Waals surface area contributed by atoms with Crippen LogP contribution in [0.3, 0.4) is 0 Å². The van der Waals surface area contributed by atoms with Crippen LogP contribution in [0, 0.1) is 6.92 Å². The lowest BCUT2D eigenvalue weighted by Crippen LogP contribution is -2.57. The highest BCUT2D eigenvalue weighted by atomic mass is 15.3. The van der Waals surface area contributed by atoms with Gasteiger partial charge in [-0.05, 0) is 27.8 Å². The van der Waals surface area contributed by atoms with Crippen molar-refractivity contribution in [3.8, 4) is 0 Å². The molecule has 1 aromatic heterocycles. The molecule has 1 fully saturated rings. The van der Waals surface area contributed by atoms with Crippen molar-refractivity contribution in [2.24, 2.45) is 5.84 Å². The van der Waals surface area contributed by atoms with Gasteiger partial charge in [0, 0.05) is 36.9 Å². The fourth-order valence-corrected chi connectivity index (χ4v) is 2.21. The predicted molar refractivity (Wildman–Crippen MR) is 73.5 cm³/mol. The zero-order chi connectivity index (χ0) is 13.3. The molecule has 0 saturated carbocycles. The zero-order valence-corrected chi connectivity index (χ0v) is 11.6. The summed E-state index contributed by atoms with van der Waals surface area (Å²) in [7, 11) is 2.16. The number of nitrogen functional groups attached to an aromatic ring is 1. The average Bonchev–Trinajstić information content (AvgIpc) is 2.31. The standard InChI is InChI=1S/C12H22N6/c1-9-7-10(15-11(14-9)16-13)18-6-5-17(4)12(2,3)8-18/h7H,5-6,8,13H2,1-4H3,(H,14,15,16). The lowest BCUT2D eigenvalue weighted by Gasteiger charge is -2.45. The highest BCUT2D eigenvalue weighted by Crippen LogP contribution is 2.23. The Morgan fingerprint density at radius 3 is 2.67 bits per heavy atom. The number of hydrogen-bond donors (Lipinski definition) is 2. The van der Waals surface area contributed by atoms with E-state index in [1.165, 1.54) is 0 Å². The molecule has 1 saturated heterocycles. The number of likely N-dealkylation sites (N-methyl/N-ethyl adjacent to an activating group) is 1. The maximum Gasteiger partial charge on any atom is 0.239 e. The normalized spacial score (nSPS) is 19.9. The predicted octanol–water partition coefficient (Wildman–Crippen LogP) is 0.601. The number of aromatic nitrogens is 2. The zero-order valence-electron chi connectivity index (χ0n) is 11.6. The maximum atomic E-state index is 5.39. The van der Waals surface area contributed by atoms with E-state index < -0.39 is 0 Å². The van der Waals surface area contributed by atoms with E-state index in [2.05, 4.69) is 46.1 Å². The number of aryl methyl sites for hydroxylation is 1. The van der Waals surface area contributed by atoms with E-state index in [-0.39, 0.29) is 5.54 Å². The first-order valence-corrected chi connectivity index (χ1v) is 6.21. The number of nitrogens with zero attached hydrogens (tertiary/aromatic N) is 4. The highest BCUT2D eigenvalue weighted by Gasteiger charge is 2.31. The van der Waals surface area contributed by atoms with Crippen molar-refractivity contribution in [3.05, 3.63) is 11.8 Å². The van der Waals surface area contributed by atoms with Crippen molar-refractivity contribution in [1.82, 2.24) is 14.9 Å². The fraction of sp³-hybridized carbons (Fsp3) is 0.667. The Labute approximate surface area is 108 Å². The first-order valence-electron chi connectivity index (χ1n) is 6.21. The van der Waals surface area contributed by atoms with Crippen LogP contribution >= 0.6 is 0 Å². The van der Waals surface area contributed by atoms with E-state index in [9.17, 15) is 0 Å². The van der Waals surface area contributed by atoms with Crippen molar-refractivity contribution in [1.29, 1.82) is 0 Å². The van der Waals surface area contributed by atoms with Crippen molar-refractivity contribution in [2.45, 2.75) is 26.3 Å². The van der Waals surface area contributed by atoms with Crippen LogP contribution in [0.5, 0.6) is 0 Å². The molecule has 18 heavy (non-hydrogen) atoms. The molecule has 1 aliphatic heterocycles. The van der Waals surface area contributed by atoms with Gasteiger partial charge in [0.1, 0.15) is 5.82 Å². The van der Waals surface area contributed by atoms with Crippen LogP contribution in [0.15, 0.2) is 6.07 Å². The summed E-state index contributed by atoms with van der Waals surface area (Å²) in [6, 6.07) is 2.00. The Kier molecular flexibility index (Phi) is 3.41. The Bertz CT molecular complexity index is 431. The topological polar surface area (TPSA) is 70.3 Å². The molecule has 100 valence electrons. The Hall–Kier alpha value is -1.40. The van der Waals surface area contributed by atoms with Crippen LogP contribution in [0.1, 0.15) is 19.5 Å². The lowest BCUT2D eigenvalue weighted by molar-refractivity contribution is 0.138. The molecule has 0 aliphatic carbocycles. The second-order valence-corrected chi connectivity index (χ2v) is 5.49. The molecule has 0 unspecified atom stereocenters. The van der Waals surface area contributed by atoms with E-state index in [1.54, 1.807) is 0 Å². The van der Waals surface area contributed by atoms with Gasteiger partial charge < -0.3 is 4.90 Å². The molecule has 0 atom stereocenters. The van der Waals surface area contributed by atoms with Crippen molar-refractivity contribution < 1.29 is 0 Å². The minimum atomic E-state index is 0.146. The molecule has 1 aliphatic rings. The first-order chi connectivity index (χ1) is 8.42. The number of hydrazine groups is 1.